The van der Waals surface area contributed by atoms with E-state index in [4.69, 9.17) is 5.11 Å². The maximum Gasteiger partial charge on any atom is 0.352 e. The van der Waals surface area contributed by atoms with Crippen LogP contribution in [0.25, 0.3) is 0 Å². The van der Waals surface area contributed by atoms with E-state index in [1.165, 1.54) is 6.07 Å². The summed E-state index contributed by atoms with van der Waals surface area (Å²) in [4.78, 5) is 0. The van der Waals surface area contributed by atoms with Gasteiger partial charge in [-0.1, -0.05) is 12.1 Å². The lowest BCUT2D eigenvalue weighted by Crippen LogP contribution is -1.98. The van der Waals surface area contributed by atoms with E-state index in [-0.39, 0.29) is 11.1 Å². The van der Waals surface area contributed by atoms with E-state index in [9.17, 15) is 9.13 Å². The second kappa shape index (κ2) is 2.89. The number of aromatic hydroxyl groups is 1. The molecule has 1 aromatic carbocycles. The number of benzene rings is 1. The minimum Gasteiger partial charge on any atom is -0.507 e. The summed E-state index contributed by atoms with van der Waals surface area (Å²) in [7, 11) is -2.69. The van der Waals surface area contributed by atoms with Crippen LogP contribution in [0.1, 0.15) is 5.56 Å². The highest BCUT2D eigenvalue weighted by Crippen LogP contribution is 2.17. The van der Waals surface area contributed by atoms with Crippen LogP contribution in [0, 0.1) is 6.92 Å². The van der Waals surface area contributed by atoms with Crippen molar-refractivity contribution >= 4 is 13.0 Å². The summed E-state index contributed by atoms with van der Waals surface area (Å²) in [6.45, 7) is 1.64. The summed E-state index contributed by atoms with van der Waals surface area (Å²) in [6.07, 6.45) is 0. The Balaban J connectivity index is 3.44. The number of aryl methyl sites for hydroxylation is 1. The molecule has 0 amide bonds. The van der Waals surface area contributed by atoms with Crippen molar-refractivity contribution in [3.63, 3.8) is 0 Å². The van der Waals surface area contributed by atoms with Crippen LogP contribution in [0.4, 0.5) is 0 Å². The largest absolute Gasteiger partial charge is 0.507 e. The first-order valence-electron chi connectivity index (χ1n) is 3.06. The number of hydrogen-bond acceptors (Lipinski definition) is 3. The Kier molecular flexibility index (Phi) is 2.11. The molecule has 1 aromatic rings. The van der Waals surface area contributed by atoms with Gasteiger partial charge in [-0.25, -0.2) is 9.13 Å². The maximum atomic E-state index is 10.5. The van der Waals surface area contributed by atoms with Crippen LogP contribution < -0.4 is 5.30 Å². The van der Waals surface area contributed by atoms with E-state index in [0.29, 0.717) is 5.56 Å². The molecule has 0 aliphatic rings. The highest BCUT2D eigenvalue weighted by atomic mass is 31.1. The minimum atomic E-state index is -2.69. The zero-order valence-corrected chi connectivity index (χ0v) is 6.84. The van der Waals surface area contributed by atoms with Gasteiger partial charge in [0.25, 0.3) is 0 Å². The van der Waals surface area contributed by atoms with Crippen LogP contribution in [-0.2, 0) is 9.13 Å². The van der Waals surface area contributed by atoms with Crippen LogP contribution in [0.3, 0.4) is 0 Å². The lowest BCUT2D eigenvalue weighted by atomic mass is 10.2. The highest BCUT2D eigenvalue weighted by Gasteiger charge is 2.08. The van der Waals surface area contributed by atoms with Gasteiger partial charge in [0, 0.05) is 0 Å². The molecule has 4 heteroatoms. The third-order valence-electron chi connectivity index (χ3n) is 1.40. The normalized spacial score (nSPS) is 9.55. The van der Waals surface area contributed by atoms with Crippen molar-refractivity contribution in [1.82, 2.24) is 0 Å². The van der Waals surface area contributed by atoms with Crippen molar-refractivity contribution in [3.8, 4) is 5.75 Å². The van der Waals surface area contributed by atoms with Crippen molar-refractivity contribution in [3.05, 3.63) is 23.8 Å². The molecule has 0 saturated carbocycles. The SMILES string of the molecule is Cc1cccc(O)c1P(=O)=O. The lowest BCUT2D eigenvalue weighted by Gasteiger charge is -1.97. The molecular weight excluding hydrogens is 163 g/mol. The van der Waals surface area contributed by atoms with E-state index >= 15 is 0 Å². The zero-order valence-electron chi connectivity index (χ0n) is 5.94. The quantitative estimate of drug-likeness (QED) is 0.649. The first-order valence-corrected chi connectivity index (χ1v) is 4.23. The van der Waals surface area contributed by atoms with Gasteiger partial charge in [0.2, 0.25) is 0 Å². The number of hydrogen-bond donors (Lipinski definition) is 1. The van der Waals surface area contributed by atoms with E-state index < -0.39 is 7.68 Å². The fourth-order valence-electron chi connectivity index (χ4n) is 0.881. The highest BCUT2D eigenvalue weighted by molar-refractivity contribution is 7.41. The maximum absolute atomic E-state index is 10.5. The zero-order chi connectivity index (χ0) is 8.43. The molecule has 0 spiro atoms. The molecule has 0 aliphatic heterocycles. The molecular formula is C7H7O3P. The summed E-state index contributed by atoms with van der Waals surface area (Å²) in [6, 6.07) is 4.60. The van der Waals surface area contributed by atoms with Crippen molar-refractivity contribution < 1.29 is 14.2 Å². The Morgan fingerprint density at radius 2 is 2.00 bits per heavy atom. The molecule has 1 N–H and O–H groups in total. The molecule has 0 saturated heterocycles. The van der Waals surface area contributed by atoms with Crippen LogP contribution in [0.5, 0.6) is 5.75 Å². The topological polar surface area (TPSA) is 54.4 Å². The molecule has 0 bridgehead atoms. The number of rotatable bonds is 1. The summed E-state index contributed by atoms with van der Waals surface area (Å²) >= 11 is 0. The number of phenolic OH excluding ortho intramolecular Hbond substituents is 1. The van der Waals surface area contributed by atoms with Gasteiger partial charge in [-0.05, 0) is 18.6 Å². The van der Waals surface area contributed by atoms with Gasteiger partial charge < -0.3 is 5.11 Å². The Labute approximate surface area is 64.5 Å². The molecule has 0 aliphatic carbocycles. The van der Waals surface area contributed by atoms with E-state index in [1.807, 2.05) is 0 Å². The molecule has 0 unspecified atom stereocenters. The van der Waals surface area contributed by atoms with Crippen molar-refractivity contribution in [2.45, 2.75) is 6.92 Å². The molecule has 3 nitrogen and oxygen atoms in total. The Hall–Kier alpha value is -1.08. The fraction of sp³-hybridized carbons (Fsp3) is 0.143. The second-order valence-electron chi connectivity index (χ2n) is 2.20. The molecule has 58 valence electrons. The van der Waals surface area contributed by atoms with Crippen LogP contribution in [0.15, 0.2) is 18.2 Å². The Morgan fingerprint density at radius 1 is 1.36 bits per heavy atom. The van der Waals surface area contributed by atoms with Gasteiger partial charge in [0.05, 0.1) is 0 Å². The van der Waals surface area contributed by atoms with Crippen LogP contribution in [-0.4, -0.2) is 5.11 Å². The summed E-state index contributed by atoms with van der Waals surface area (Å²) in [5, 5.41) is 9.09. The van der Waals surface area contributed by atoms with Crippen LogP contribution >= 0.6 is 7.68 Å². The van der Waals surface area contributed by atoms with Gasteiger partial charge in [-0.3, -0.25) is 0 Å². The van der Waals surface area contributed by atoms with Gasteiger partial charge in [-0.2, -0.15) is 0 Å². The average molecular weight is 170 g/mol. The minimum absolute atomic E-state index is 0.0162. The van der Waals surface area contributed by atoms with E-state index in [2.05, 4.69) is 0 Å². The van der Waals surface area contributed by atoms with Gasteiger partial charge in [0.15, 0.2) is 0 Å². The smallest absolute Gasteiger partial charge is 0.352 e. The average Bonchev–Trinajstić information content (AvgIpc) is 1.85. The Bertz CT molecular complexity index is 313. The fourth-order valence-corrected chi connectivity index (χ4v) is 1.51. The predicted octanol–water partition coefficient (Wildman–Crippen LogP) is 1.50. The van der Waals surface area contributed by atoms with Gasteiger partial charge in [0.1, 0.15) is 11.1 Å². The predicted molar refractivity (Wildman–Crippen MR) is 40.8 cm³/mol. The van der Waals surface area contributed by atoms with E-state index in [0.717, 1.165) is 0 Å². The van der Waals surface area contributed by atoms with Crippen molar-refractivity contribution in [1.29, 1.82) is 0 Å². The first kappa shape index (κ1) is 8.02. The molecule has 0 heterocycles. The Morgan fingerprint density at radius 3 is 2.36 bits per heavy atom. The lowest BCUT2D eigenvalue weighted by molar-refractivity contribution is 0.476. The molecule has 0 radical (unpaired) electrons. The van der Waals surface area contributed by atoms with Gasteiger partial charge in [-0.15, -0.1) is 0 Å². The molecule has 0 aromatic heterocycles. The molecule has 0 atom stereocenters. The summed E-state index contributed by atoms with van der Waals surface area (Å²) < 4.78 is 21.0. The summed E-state index contributed by atoms with van der Waals surface area (Å²) in [5.41, 5.74) is 0.570. The number of phenols is 1. The molecule has 11 heavy (non-hydrogen) atoms. The van der Waals surface area contributed by atoms with Crippen molar-refractivity contribution in [2.75, 3.05) is 0 Å². The van der Waals surface area contributed by atoms with E-state index in [1.54, 1.807) is 19.1 Å². The monoisotopic (exact) mass is 170 g/mol. The molecule has 0 fully saturated rings. The van der Waals surface area contributed by atoms with Gasteiger partial charge >= 0.3 is 7.68 Å². The van der Waals surface area contributed by atoms with Crippen LogP contribution in [0.2, 0.25) is 0 Å². The standard InChI is InChI=1S/C7H7O3P/c1-5-3-2-4-6(8)7(5)11(9)10/h2-4,8H,1H3. The second-order valence-corrected chi connectivity index (χ2v) is 3.16. The third kappa shape index (κ3) is 1.49. The third-order valence-corrected chi connectivity index (χ3v) is 2.35. The van der Waals surface area contributed by atoms with Crippen molar-refractivity contribution in [2.24, 2.45) is 0 Å². The molecule has 1 rings (SSSR count). The summed E-state index contributed by atoms with van der Waals surface area (Å²) in [5.74, 6) is -0.180. The first-order chi connectivity index (χ1) is 5.13.